The summed E-state index contributed by atoms with van der Waals surface area (Å²) in [5, 5.41) is 9.45. The number of aliphatic hydroxyl groups is 1. The molecule has 0 aliphatic carbocycles. The van der Waals surface area contributed by atoms with Gasteiger partial charge in [0, 0.05) is 32.2 Å². The van der Waals surface area contributed by atoms with E-state index in [9.17, 15) is 9.90 Å². The fraction of sp³-hybridized carbons (Fsp3) is 0.682. The number of hydrogen-bond donors (Lipinski definition) is 1. The van der Waals surface area contributed by atoms with Crippen LogP contribution in [0.25, 0.3) is 0 Å². The number of amides is 1. The van der Waals surface area contributed by atoms with Crippen LogP contribution in [0.15, 0.2) is 30.3 Å². The predicted octanol–water partition coefficient (Wildman–Crippen LogP) is 1.61. The van der Waals surface area contributed by atoms with Gasteiger partial charge < -0.3 is 14.9 Å². The van der Waals surface area contributed by atoms with E-state index in [-0.39, 0.29) is 17.9 Å². The number of nitrogens with zero attached hydrogens (tertiary/aromatic N) is 3. The molecule has 3 heterocycles. The molecule has 148 valence electrons. The van der Waals surface area contributed by atoms with E-state index in [1.165, 1.54) is 31.5 Å². The molecule has 3 aliphatic rings. The smallest absolute Gasteiger partial charge is 0.227 e. The van der Waals surface area contributed by atoms with E-state index < -0.39 is 0 Å². The number of carbonyl (C=O) groups is 1. The number of piperidine rings is 2. The minimum Gasteiger partial charge on any atom is -0.389 e. The highest BCUT2D eigenvalue weighted by Crippen LogP contribution is 2.26. The summed E-state index contributed by atoms with van der Waals surface area (Å²) < 4.78 is 0. The third kappa shape index (κ3) is 4.71. The van der Waals surface area contributed by atoms with Gasteiger partial charge in [0.2, 0.25) is 5.91 Å². The van der Waals surface area contributed by atoms with E-state index >= 15 is 0 Å². The van der Waals surface area contributed by atoms with Gasteiger partial charge in [0.25, 0.3) is 0 Å². The van der Waals surface area contributed by atoms with E-state index in [1.807, 2.05) is 4.90 Å². The zero-order valence-corrected chi connectivity index (χ0v) is 16.3. The van der Waals surface area contributed by atoms with Gasteiger partial charge in [-0.05, 0) is 57.3 Å². The van der Waals surface area contributed by atoms with Crippen LogP contribution in [0.5, 0.6) is 0 Å². The first kappa shape index (κ1) is 18.9. The zero-order chi connectivity index (χ0) is 18.6. The maximum Gasteiger partial charge on any atom is 0.227 e. The third-order valence-electron chi connectivity index (χ3n) is 6.61. The van der Waals surface area contributed by atoms with Crippen molar-refractivity contribution in [3.63, 3.8) is 0 Å². The Kier molecular flexibility index (Phi) is 6.11. The molecule has 0 bridgehead atoms. The second-order valence-electron chi connectivity index (χ2n) is 8.54. The molecule has 5 heteroatoms. The summed E-state index contributed by atoms with van der Waals surface area (Å²) in [5.74, 6) is 0.410. The van der Waals surface area contributed by atoms with Crippen molar-refractivity contribution in [1.82, 2.24) is 14.7 Å². The standard InChI is InChI=1S/C22H33N3O2/c26-21-16-25(17-21)22(27)19-7-4-11-24(15-19)20-9-13-23(14-10-20)12-8-18-5-2-1-3-6-18/h1-3,5-6,19-21,26H,4,7-17H2. The second-order valence-corrected chi connectivity index (χ2v) is 8.54. The number of benzene rings is 1. The monoisotopic (exact) mass is 371 g/mol. The third-order valence-corrected chi connectivity index (χ3v) is 6.61. The Morgan fingerprint density at radius 3 is 2.44 bits per heavy atom. The highest BCUT2D eigenvalue weighted by atomic mass is 16.3. The van der Waals surface area contributed by atoms with E-state index in [0.717, 1.165) is 38.9 Å². The summed E-state index contributed by atoms with van der Waals surface area (Å²) >= 11 is 0. The van der Waals surface area contributed by atoms with Crippen molar-refractivity contribution in [2.24, 2.45) is 5.92 Å². The fourth-order valence-electron chi connectivity index (χ4n) is 4.87. The molecule has 4 rings (SSSR count). The van der Waals surface area contributed by atoms with Gasteiger partial charge in [0.1, 0.15) is 0 Å². The lowest BCUT2D eigenvalue weighted by Gasteiger charge is -2.44. The number of hydrogen-bond acceptors (Lipinski definition) is 4. The Morgan fingerprint density at radius 1 is 1.00 bits per heavy atom. The lowest BCUT2D eigenvalue weighted by atomic mass is 9.92. The van der Waals surface area contributed by atoms with Crippen molar-refractivity contribution in [3.05, 3.63) is 35.9 Å². The Balaban J connectivity index is 1.21. The van der Waals surface area contributed by atoms with Crippen molar-refractivity contribution in [3.8, 4) is 0 Å². The summed E-state index contributed by atoms with van der Waals surface area (Å²) in [5.41, 5.74) is 1.42. The Morgan fingerprint density at radius 2 is 1.74 bits per heavy atom. The van der Waals surface area contributed by atoms with Crippen molar-refractivity contribution in [2.75, 3.05) is 45.8 Å². The molecule has 0 radical (unpaired) electrons. The average Bonchev–Trinajstić information content (AvgIpc) is 2.71. The van der Waals surface area contributed by atoms with Crippen LogP contribution in [-0.2, 0) is 11.2 Å². The molecule has 0 aromatic heterocycles. The van der Waals surface area contributed by atoms with Gasteiger partial charge >= 0.3 is 0 Å². The molecule has 5 nitrogen and oxygen atoms in total. The van der Waals surface area contributed by atoms with Crippen LogP contribution in [-0.4, -0.2) is 83.7 Å². The van der Waals surface area contributed by atoms with Crippen LogP contribution in [0.2, 0.25) is 0 Å². The second kappa shape index (κ2) is 8.72. The van der Waals surface area contributed by atoms with Gasteiger partial charge in [-0.3, -0.25) is 9.69 Å². The minimum absolute atomic E-state index is 0.141. The molecule has 27 heavy (non-hydrogen) atoms. The summed E-state index contributed by atoms with van der Waals surface area (Å²) in [7, 11) is 0. The van der Waals surface area contributed by atoms with E-state index in [1.54, 1.807) is 0 Å². The molecule has 3 aliphatic heterocycles. The van der Waals surface area contributed by atoms with E-state index in [0.29, 0.717) is 19.1 Å². The van der Waals surface area contributed by atoms with Crippen molar-refractivity contribution < 1.29 is 9.90 Å². The van der Waals surface area contributed by atoms with E-state index in [4.69, 9.17) is 0 Å². The summed E-state index contributed by atoms with van der Waals surface area (Å²) in [6.45, 7) is 6.62. The van der Waals surface area contributed by atoms with Crippen LogP contribution in [0.3, 0.4) is 0 Å². The molecule has 1 N–H and O–H groups in total. The molecule has 0 saturated carbocycles. The highest BCUT2D eigenvalue weighted by Gasteiger charge is 2.37. The summed E-state index contributed by atoms with van der Waals surface area (Å²) in [4.78, 5) is 19.6. The van der Waals surface area contributed by atoms with Gasteiger partial charge in [-0.2, -0.15) is 0 Å². The maximum absolute atomic E-state index is 12.6. The predicted molar refractivity (Wildman–Crippen MR) is 106 cm³/mol. The summed E-state index contributed by atoms with van der Waals surface area (Å²) in [6.07, 6.45) is 5.41. The molecule has 3 saturated heterocycles. The molecule has 1 amide bonds. The van der Waals surface area contributed by atoms with Gasteiger partial charge in [-0.15, -0.1) is 0 Å². The van der Waals surface area contributed by atoms with Gasteiger partial charge in [0.05, 0.1) is 12.0 Å². The first-order chi connectivity index (χ1) is 13.2. The maximum atomic E-state index is 12.6. The highest BCUT2D eigenvalue weighted by molar-refractivity contribution is 5.80. The van der Waals surface area contributed by atoms with Gasteiger partial charge in [-0.25, -0.2) is 0 Å². The molecule has 1 unspecified atom stereocenters. The largest absolute Gasteiger partial charge is 0.389 e. The quantitative estimate of drug-likeness (QED) is 0.854. The van der Waals surface area contributed by atoms with Gasteiger partial charge in [-0.1, -0.05) is 30.3 Å². The number of rotatable bonds is 5. The molecule has 3 fully saturated rings. The SMILES string of the molecule is O=C(C1CCCN(C2CCN(CCc3ccccc3)CC2)C1)N1CC(O)C1. The van der Waals surface area contributed by atoms with E-state index in [2.05, 4.69) is 40.1 Å². The van der Waals surface area contributed by atoms with Crippen LogP contribution in [0.1, 0.15) is 31.2 Å². The minimum atomic E-state index is -0.297. The van der Waals surface area contributed by atoms with Crippen molar-refractivity contribution >= 4 is 5.91 Å². The lowest BCUT2D eigenvalue weighted by Crippen LogP contribution is -2.58. The van der Waals surface area contributed by atoms with Gasteiger partial charge in [0.15, 0.2) is 0 Å². The number of likely N-dealkylation sites (tertiary alicyclic amines) is 3. The molecule has 1 aromatic carbocycles. The fourth-order valence-corrected chi connectivity index (χ4v) is 4.87. The number of aliphatic hydroxyl groups excluding tert-OH is 1. The first-order valence-corrected chi connectivity index (χ1v) is 10.7. The Bertz CT molecular complexity index is 609. The van der Waals surface area contributed by atoms with Crippen LogP contribution < -0.4 is 0 Å². The molecular formula is C22H33N3O2. The Hall–Kier alpha value is -1.43. The van der Waals surface area contributed by atoms with Crippen LogP contribution in [0, 0.1) is 5.92 Å². The first-order valence-electron chi connectivity index (χ1n) is 10.7. The molecular weight excluding hydrogens is 338 g/mol. The average molecular weight is 372 g/mol. The van der Waals surface area contributed by atoms with Crippen LogP contribution >= 0.6 is 0 Å². The Labute approximate surface area is 162 Å². The molecule has 0 spiro atoms. The lowest BCUT2D eigenvalue weighted by molar-refractivity contribution is -0.148. The molecule has 1 aromatic rings. The molecule has 1 atom stereocenters. The zero-order valence-electron chi connectivity index (χ0n) is 16.3. The number of carbonyl (C=O) groups excluding carboxylic acids is 1. The topological polar surface area (TPSA) is 47.0 Å². The van der Waals surface area contributed by atoms with Crippen LogP contribution in [0.4, 0.5) is 0 Å². The summed E-state index contributed by atoms with van der Waals surface area (Å²) in [6, 6.07) is 11.4. The van der Waals surface area contributed by atoms with Crippen molar-refractivity contribution in [1.29, 1.82) is 0 Å². The van der Waals surface area contributed by atoms with Crippen molar-refractivity contribution in [2.45, 2.75) is 44.2 Å². The number of β-amino-alcohol motifs (C(OH)–C–C–N with tert-alkyl or cyclic N) is 1. The normalized spacial score (nSPS) is 26.1.